The highest BCUT2D eigenvalue weighted by Gasteiger charge is 2.03. The number of phenols is 1. The van der Waals surface area contributed by atoms with E-state index in [1.807, 2.05) is 19.1 Å². The Labute approximate surface area is 101 Å². The van der Waals surface area contributed by atoms with Crippen molar-refractivity contribution >= 4 is 11.6 Å². The van der Waals surface area contributed by atoms with Gasteiger partial charge in [-0.3, -0.25) is 0 Å². The fourth-order valence-electron chi connectivity index (χ4n) is 1.37. The zero-order valence-corrected chi connectivity index (χ0v) is 10.3. The quantitative estimate of drug-likeness (QED) is 0.724. The Hall–Kier alpha value is -0.770. The highest BCUT2D eigenvalue weighted by molar-refractivity contribution is 6.32. The molecule has 16 heavy (non-hydrogen) atoms. The highest BCUT2D eigenvalue weighted by atomic mass is 35.5. The Kier molecular flexibility index (Phi) is 6.23. The summed E-state index contributed by atoms with van der Waals surface area (Å²) in [5, 5.41) is 13.3. The summed E-state index contributed by atoms with van der Waals surface area (Å²) in [4.78, 5) is 0. The molecule has 2 N–H and O–H groups in total. The first-order valence-electron chi connectivity index (χ1n) is 5.50. The smallest absolute Gasteiger partial charge is 0.138 e. The van der Waals surface area contributed by atoms with Gasteiger partial charge in [0.1, 0.15) is 5.75 Å². The zero-order chi connectivity index (χ0) is 11.8. The Balaban J connectivity index is 2.24. The van der Waals surface area contributed by atoms with Crippen molar-refractivity contribution in [1.29, 1.82) is 0 Å². The van der Waals surface area contributed by atoms with Gasteiger partial charge in [0.2, 0.25) is 0 Å². The first-order valence-corrected chi connectivity index (χ1v) is 5.88. The van der Waals surface area contributed by atoms with Crippen LogP contribution in [-0.4, -0.2) is 24.9 Å². The van der Waals surface area contributed by atoms with Gasteiger partial charge < -0.3 is 15.2 Å². The molecule has 0 heterocycles. The average molecular weight is 244 g/mol. The summed E-state index contributed by atoms with van der Waals surface area (Å²) >= 11 is 5.80. The van der Waals surface area contributed by atoms with Gasteiger partial charge in [-0.15, -0.1) is 0 Å². The molecular weight excluding hydrogens is 226 g/mol. The molecule has 1 aromatic carbocycles. The molecule has 1 aromatic rings. The number of ether oxygens (including phenoxy) is 1. The molecule has 0 amide bonds. The van der Waals surface area contributed by atoms with Gasteiger partial charge in [0.25, 0.3) is 0 Å². The van der Waals surface area contributed by atoms with Crippen molar-refractivity contribution in [3.05, 3.63) is 28.8 Å². The van der Waals surface area contributed by atoms with E-state index in [0.717, 1.165) is 31.7 Å². The summed E-state index contributed by atoms with van der Waals surface area (Å²) in [5.41, 5.74) is 0.823. The van der Waals surface area contributed by atoms with Crippen molar-refractivity contribution in [1.82, 2.24) is 5.32 Å². The van der Waals surface area contributed by atoms with Gasteiger partial charge in [-0.25, -0.2) is 0 Å². The number of benzene rings is 1. The molecule has 0 aromatic heterocycles. The van der Waals surface area contributed by atoms with Crippen LogP contribution in [0.1, 0.15) is 18.9 Å². The standard InChI is InChI=1S/C12H18ClNO2/c1-2-16-8-4-7-14-9-10-5-3-6-11(13)12(10)15/h3,5-6,14-15H,2,4,7-9H2,1H3. The van der Waals surface area contributed by atoms with Gasteiger partial charge in [0.15, 0.2) is 0 Å². The molecule has 3 nitrogen and oxygen atoms in total. The predicted octanol–water partition coefficient (Wildman–Crippen LogP) is 2.56. The van der Waals surface area contributed by atoms with Crippen LogP contribution in [0.25, 0.3) is 0 Å². The normalized spacial score (nSPS) is 10.6. The van der Waals surface area contributed by atoms with E-state index >= 15 is 0 Å². The predicted molar refractivity (Wildman–Crippen MR) is 65.9 cm³/mol. The van der Waals surface area contributed by atoms with Crippen LogP contribution in [0.15, 0.2) is 18.2 Å². The second-order valence-corrected chi connectivity index (χ2v) is 3.88. The fraction of sp³-hybridized carbons (Fsp3) is 0.500. The number of phenolic OH excluding ortho intramolecular Hbond substituents is 1. The van der Waals surface area contributed by atoms with Gasteiger partial charge in [-0.05, 0) is 26.0 Å². The second kappa shape index (κ2) is 7.49. The van der Waals surface area contributed by atoms with E-state index in [1.165, 1.54) is 0 Å². The van der Waals surface area contributed by atoms with Crippen LogP contribution < -0.4 is 5.32 Å². The summed E-state index contributed by atoms with van der Waals surface area (Å²) in [6.45, 7) is 5.00. The molecule has 0 saturated heterocycles. The summed E-state index contributed by atoms with van der Waals surface area (Å²) in [5.74, 6) is 0.168. The lowest BCUT2D eigenvalue weighted by molar-refractivity contribution is 0.144. The minimum Gasteiger partial charge on any atom is -0.506 e. The Bertz CT molecular complexity index is 318. The van der Waals surface area contributed by atoms with Crippen LogP contribution in [0.5, 0.6) is 5.75 Å². The number of para-hydroxylation sites is 1. The molecule has 0 fully saturated rings. The summed E-state index contributed by atoms with van der Waals surface area (Å²) < 4.78 is 5.22. The maximum atomic E-state index is 9.64. The molecule has 0 radical (unpaired) electrons. The monoisotopic (exact) mass is 243 g/mol. The van der Waals surface area contributed by atoms with Gasteiger partial charge in [0.05, 0.1) is 5.02 Å². The van der Waals surface area contributed by atoms with Crippen LogP contribution in [0.2, 0.25) is 5.02 Å². The van der Waals surface area contributed by atoms with E-state index in [2.05, 4.69) is 5.32 Å². The van der Waals surface area contributed by atoms with Crippen molar-refractivity contribution in [2.24, 2.45) is 0 Å². The zero-order valence-electron chi connectivity index (χ0n) is 9.50. The molecule has 1 rings (SSSR count). The number of halogens is 1. The Morgan fingerprint density at radius 3 is 3.00 bits per heavy atom. The molecular formula is C12H18ClNO2. The first kappa shape index (κ1) is 13.3. The lowest BCUT2D eigenvalue weighted by Gasteiger charge is -2.07. The van der Waals surface area contributed by atoms with Crippen LogP contribution in [0, 0.1) is 0 Å². The summed E-state index contributed by atoms with van der Waals surface area (Å²) in [6, 6.07) is 5.37. The number of rotatable bonds is 7. The molecule has 0 aliphatic carbocycles. The number of nitrogens with one attached hydrogen (secondary N) is 1. The molecule has 0 bridgehead atoms. The molecule has 0 aliphatic rings. The summed E-state index contributed by atoms with van der Waals surface area (Å²) in [7, 11) is 0. The van der Waals surface area contributed by atoms with Gasteiger partial charge in [-0.2, -0.15) is 0 Å². The van der Waals surface area contributed by atoms with E-state index in [0.29, 0.717) is 11.6 Å². The van der Waals surface area contributed by atoms with Crippen LogP contribution in [0.4, 0.5) is 0 Å². The lowest BCUT2D eigenvalue weighted by Crippen LogP contribution is -2.16. The van der Waals surface area contributed by atoms with Gasteiger partial charge >= 0.3 is 0 Å². The van der Waals surface area contributed by atoms with Gasteiger partial charge in [0, 0.05) is 25.3 Å². The number of hydrogen-bond acceptors (Lipinski definition) is 3. The number of aromatic hydroxyl groups is 1. The third-order valence-electron chi connectivity index (χ3n) is 2.23. The highest BCUT2D eigenvalue weighted by Crippen LogP contribution is 2.26. The van der Waals surface area contributed by atoms with Crippen molar-refractivity contribution in [2.75, 3.05) is 19.8 Å². The third kappa shape index (κ3) is 4.39. The number of hydrogen-bond donors (Lipinski definition) is 2. The van der Waals surface area contributed by atoms with Crippen LogP contribution in [-0.2, 0) is 11.3 Å². The molecule has 0 atom stereocenters. The maximum absolute atomic E-state index is 9.64. The lowest BCUT2D eigenvalue weighted by atomic mass is 10.2. The molecule has 90 valence electrons. The van der Waals surface area contributed by atoms with Gasteiger partial charge in [-0.1, -0.05) is 23.7 Å². The van der Waals surface area contributed by atoms with E-state index in [1.54, 1.807) is 6.07 Å². The molecule has 0 unspecified atom stereocenters. The largest absolute Gasteiger partial charge is 0.506 e. The maximum Gasteiger partial charge on any atom is 0.138 e. The van der Waals surface area contributed by atoms with E-state index < -0.39 is 0 Å². The minimum atomic E-state index is 0.168. The SMILES string of the molecule is CCOCCCNCc1cccc(Cl)c1O. The molecule has 0 aliphatic heterocycles. The summed E-state index contributed by atoms with van der Waals surface area (Å²) in [6.07, 6.45) is 0.967. The molecule has 0 spiro atoms. The third-order valence-corrected chi connectivity index (χ3v) is 2.54. The van der Waals surface area contributed by atoms with E-state index in [4.69, 9.17) is 16.3 Å². The van der Waals surface area contributed by atoms with Crippen LogP contribution in [0.3, 0.4) is 0 Å². The minimum absolute atomic E-state index is 0.168. The fourth-order valence-corrected chi connectivity index (χ4v) is 1.56. The molecule has 4 heteroatoms. The van der Waals surface area contributed by atoms with E-state index in [-0.39, 0.29) is 5.75 Å². The second-order valence-electron chi connectivity index (χ2n) is 3.47. The molecule has 0 saturated carbocycles. The average Bonchev–Trinajstić information content (AvgIpc) is 2.29. The van der Waals surface area contributed by atoms with Crippen molar-refractivity contribution in [2.45, 2.75) is 19.9 Å². The first-order chi connectivity index (χ1) is 7.75. The van der Waals surface area contributed by atoms with Crippen LogP contribution >= 0.6 is 11.6 Å². The van der Waals surface area contributed by atoms with Crippen molar-refractivity contribution in [3.8, 4) is 5.75 Å². The Morgan fingerprint density at radius 2 is 2.25 bits per heavy atom. The Morgan fingerprint density at radius 1 is 1.44 bits per heavy atom. The van der Waals surface area contributed by atoms with Crippen molar-refractivity contribution in [3.63, 3.8) is 0 Å². The van der Waals surface area contributed by atoms with Crippen molar-refractivity contribution < 1.29 is 9.84 Å². The topological polar surface area (TPSA) is 41.5 Å². The van der Waals surface area contributed by atoms with E-state index in [9.17, 15) is 5.11 Å².